The Kier molecular flexibility index (Phi) is 4.60. The van der Waals surface area contributed by atoms with Crippen LogP contribution in [0.1, 0.15) is 58.8 Å². The predicted octanol–water partition coefficient (Wildman–Crippen LogP) is 6.11. The molecular weight excluding hydrogens is 358 g/mol. The summed E-state index contributed by atoms with van der Waals surface area (Å²) in [6.45, 7) is 6.46. The van der Waals surface area contributed by atoms with Crippen LogP contribution >= 0.6 is 11.3 Å². The number of nitrogens with one attached hydrogen (secondary N) is 1. The molecule has 4 rings (SSSR count). The molecule has 0 bridgehead atoms. The number of thiophene rings is 1. The molecule has 140 valence electrons. The van der Waals surface area contributed by atoms with Gasteiger partial charge in [0.15, 0.2) is 5.69 Å². The van der Waals surface area contributed by atoms with E-state index >= 15 is 0 Å². The standard InChI is InChI=1S/C21H23N3O2S/c1-11(2)13-5-6-16-15(9-13)19(21(26)22-16)23-24-20(25)18-10-14-8-12(3)4-7-17(14)27-18/h5-6,9-12,22,26H,4,7-8H2,1-3H3/t12-/m0/s1. The zero-order valence-corrected chi connectivity index (χ0v) is 16.6. The second-order valence-corrected chi connectivity index (χ2v) is 8.83. The number of rotatable bonds is 3. The van der Waals surface area contributed by atoms with Crippen LogP contribution in [0.15, 0.2) is 34.5 Å². The van der Waals surface area contributed by atoms with E-state index < -0.39 is 0 Å². The van der Waals surface area contributed by atoms with Crippen molar-refractivity contribution >= 4 is 33.8 Å². The van der Waals surface area contributed by atoms with E-state index in [-0.39, 0.29) is 11.8 Å². The van der Waals surface area contributed by atoms with Gasteiger partial charge in [-0.25, -0.2) is 0 Å². The first-order valence-electron chi connectivity index (χ1n) is 9.34. The van der Waals surface area contributed by atoms with Crippen LogP contribution in [-0.2, 0) is 12.8 Å². The van der Waals surface area contributed by atoms with Gasteiger partial charge in [-0.15, -0.1) is 21.6 Å². The Morgan fingerprint density at radius 2 is 2.15 bits per heavy atom. The number of fused-ring (bicyclic) bond motifs is 2. The number of H-pyrrole nitrogens is 1. The summed E-state index contributed by atoms with van der Waals surface area (Å²) in [7, 11) is 0. The van der Waals surface area contributed by atoms with Gasteiger partial charge in [0.1, 0.15) is 0 Å². The highest BCUT2D eigenvalue weighted by atomic mass is 32.1. The van der Waals surface area contributed by atoms with E-state index in [0.29, 0.717) is 22.4 Å². The maximum atomic E-state index is 12.5. The van der Waals surface area contributed by atoms with Crippen LogP contribution in [-0.4, -0.2) is 16.0 Å². The zero-order valence-electron chi connectivity index (χ0n) is 15.7. The first-order chi connectivity index (χ1) is 12.9. The summed E-state index contributed by atoms with van der Waals surface area (Å²) < 4.78 is 0. The summed E-state index contributed by atoms with van der Waals surface area (Å²) in [5, 5.41) is 19.0. The third-order valence-corrected chi connectivity index (χ3v) is 6.45. The molecule has 3 aromatic rings. The van der Waals surface area contributed by atoms with E-state index in [4.69, 9.17) is 0 Å². The van der Waals surface area contributed by atoms with Crippen molar-refractivity contribution < 1.29 is 9.90 Å². The maximum absolute atomic E-state index is 12.5. The fourth-order valence-electron chi connectivity index (χ4n) is 3.60. The van der Waals surface area contributed by atoms with E-state index in [0.717, 1.165) is 29.3 Å². The summed E-state index contributed by atoms with van der Waals surface area (Å²) in [6.07, 6.45) is 3.23. The number of hydrogen-bond donors (Lipinski definition) is 2. The third-order valence-electron chi connectivity index (χ3n) is 5.22. The summed E-state index contributed by atoms with van der Waals surface area (Å²) in [5.41, 5.74) is 3.51. The van der Waals surface area contributed by atoms with Crippen LogP contribution in [0.3, 0.4) is 0 Å². The van der Waals surface area contributed by atoms with Crippen molar-refractivity contribution in [3.05, 3.63) is 45.1 Å². The van der Waals surface area contributed by atoms with E-state index in [1.807, 2.05) is 24.3 Å². The number of aromatic nitrogens is 1. The molecule has 1 aromatic carbocycles. The van der Waals surface area contributed by atoms with Gasteiger partial charge in [0, 0.05) is 10.3 Å². The summed E-state index contributed by atoms with van der Waals surface area (Å²) in [6, 6.07) is 7.88. The molecule has 0 saturated heterocycles. The highest BCUT2D eigenvalue weighted by molar-refractivity contribution is 7.14. The van der Waals surface area contributed by atoms with Gasteiger partial charge in [0.05, 0.1) is 10.4 Å². The lowest BCUT2D eigenvalue weighted by Gasteiger charge is -2.16. The van der Waals surface area contributed by atoms with Gasteiger partial charge in [-0.2, -0.15) is 0 Å². The van der Waals surface area contributed by atoms with Crippen LogP contribution in [0.25, 0.3) is 10.9 Å². The molecule has 1 aliphatic rings. The van der Waals surface area contributed by atoms with E-state index in [9.17, 15) is 9.90 Å². The Morgan fingerprint density at radius 1 is 1.33 bits per heavy atom. The van der Waals surface area contributed by atoms with Crippen molar-refractivity contribution in [3.8, 4) is 5.88 Å². The Bertz CT molecular complexity index is 1050. The summed E-state index contributed by atoms with van der Waals surface area (Å²) in [4.78, 5) is 17.3. The van der Waals surface area contributed by atoms with Gasteiger partial charge in [0.2, 0.25) is 5.88 Å². The average Bonchev–Trinajstić information content (AvgIpc) is 3.18. The number of nitrogens with zero attached hydrogens (tertiary/aromatic N) is 2. The predicted molar refractivity (Wildman–Crippen MR) is 108 cm³/mol. The van der Waals surface area contributed by atoms with Gasteiger partial charge >= 0.3 is 5.91 Å². The van der Waals surface area contributed by atoms with Gasteiger partial charge in [-0.1, -0.05) is 26.8 Å². The number of amides is 1. The first-order valence-corrected chi connectivity index (χ1v) is 10.2. The van der Waals surface area contributed by atoms with E-state index in [2.05, 4.69) is 36.0 Å². The van der Waals surface area contributed by atoms with Gasteiger partial charge in [0.25, 0.3) is 0 Å². The molecule has 2 aromatic heterocycles. The normalized spacial score (nSPS) is 17.1. The molecule has 6 heteroatoms. The molecule has 0 fully saturated rings. The van der Waals surface area contributed by atoms with Crippen LogP contribution in [0.5, 0.6) is 5.88 Å². The molecule has 2 N–H and O–H groups in total. The lowest BCUT2D eigenvalue weighted by molar-refractivity contribution is 0.0999. The highest BCUT2D eigenvalue weighted by Crippen LogP contribution is 2.37. The largest absolute Gasteiger partial charge is 0.493 e. The van der Waals surface area contributed by atoms with E-state index in [1.54, 1.807) is 0 Å². The van der Waals surface area contributed by atoms with Crippen molar-refractivity contribution in [3.63, 3.8) is 0 Å². The highest BCUT2D eigenvalue weighted by Gasteiger charge is 2.21. The minimum Gasteiger partial charge on any atom is -0.493 e. The number of aryl methyl sites for hydroxylation is 1. The van der Waals surface area contributed by atoms with Crippen molar-refractivity contribution in [2.45, 2.75) is 46.0 Å². The maximum Gasteiger partial charge on any atom is 0.305 e. The SMILES string of the molecule is CC(C)c1ccc2[nH]c(O)c(N=NC(=O)c3cc4c(s3)CC[C@H](C)C4)c2c1. The molecule has 0 saturated carbocycles. The smallest absolute Gasteiger partial charge is 0.305 e. The van der Waals surface area contributed by atoms with Gasteiger partial charge < -0.3 is 10.1 Å². The second kappa shape index (κ2) is 6.93. The number of benzene rings is 1. The molecule has 0 unspecified atom stereocenters. The fourth-order valence-corrected chi connectivity index (χ4v) is 4.69. The van der Waals surface area contributed by atoms with Crippen LogP contribution in [0.4, 0.5) is 5.69 Å². The van der Waals surface area contributed by atoms with Crippen LogP contribution < -0.4 is 0 Å². The van der Waals surface area contributed by atoms with Crippen LogP contribution in [0, 0.1) is 5.92 Å². The molecule has 1 atom stereocenters. The van der Waals surface area contributed by atoms with E-state index in [1.165, 1.54) is 28.2 Å². The minimum absolute atomic E-state index is 0.0678. The Labute approximate surface area is 162 Å². The summed E-state index contributed by atoms with van der Waals surface area (Å²) >= 11 is 1.52. The van der Waals surface area contributed by atoms with Crippen molar-refractivity contribution in [1.82, 2.24) is 4.98 Å². The molecule has 2 heterocycles. The third kappa shape index (κ3) is 3.41. The molecule has 5 nitrogen and oxygen atoms in total. The number of azo groups is 1. The number of aromatic amines is 1. The number of carbonyl (C=O) groups excluding carboxylic acids is 1. The Balaban J connectivity index is 1.63. The lowest BCUT2D eigenvalue weighted by Crippen LogP contribution is -2.08. The molecule has 0 spiro atoms. The topological polar surface area (TPSA) is 77.8 Å². The average molecular weight is 382 g/mol. The zero-order chi connectivity index (χ0) is 19.1. The monoisotopic (exact) mass is 381 g/mol. The minimum atomic E-state index is -0.351. The number of carbonyl (C=O) groups is 1. The lowest BCUT2D eigenvalue weighted by atomic mass is 9.90. The van der Waals surface area contributed by atoms with Crippen molar-refractivity contribution in [2.75, 3.05) is 0 Å². The quantitative estimate of drug-likeness (QED) is 0.537. The van der Waals surface area contributed by atoms with Gasteiger partial charge in [-0.05, 0) is 60.4 Å². The first kappa shape index (κ1) is 17.9. The Hall–Kier alpha value is -2.47. The number of aromatic hydroxyl groups is 1. The number of hydrogen-bond acceptors (Lipinski definition) is 4. The Morgan fingerprint density at radius 3 is 2.93 bits per heavy atom. The second-order valence-electron chi connectivity index (χ2n) is 7.69. The molecule has 0 radical (unpaired) electrons. The fraction of sp³-hybridized carbons (Fsp3) is 0.381. The molecular formula is C21H23N3O2S. The van der Waals surface area contributed by atoms with Crippen LogP contribution in [0.2, 0.25) is 0 Å². The molecule has 0 aliphatic heterocycles. The summed E-state index contributed by atoms with van der Waals surface area (Å²) in [5.74, 6) is 0.602. The van der Waals surface area contributed by atoms with Gasteiger partial charge in [-0.3, -0.25) is 4.79 Å². The molecule has 1 amide bonds. The van der Waals surface area contributed by atoms with Crippen molar-refractivity contribution in [1.29, 1.82) is 0 Å². The molecule has 1 aliphatic carbocycles. The van der Waals surface area contributed by atoms with Crippen molar-refractivity contribution in [2.24, 2.45) is 16.1 Å². The molecule has 27 heavy (non-hydrogen) atoms.